The third-order valence-electron chi connectivity index (χ3n) is 8.69. The summed E-state index contributed by atoms with van der Waals surface area (Å²) in [5, 5.41) is 73.0. The van der Waals surface area contributed by atoms with Gasteiger partial charge in [0.25, 0.3) is 0 Å². The van der Waals surface area contributed by atoms with Gasteiger partial charge in [-0.1, -0.05) is 6.92 Å². The number of carbonyl (C=O) groups excluding carboxylic acids is 1. The van der Waals surface area contributed by atoms with Crippen LogP contribution in [0.2, 0.25) is 0 Å². The minimum absolute atomic E-state index is 0.109. The third kappa shape index (κ3) is 2.65. The number of rotatable bonds is 4. The molecule has 1 saturated carbocycles. The van der Waals surface area contributed by atoms with Gasteiger partial charge in [0.05, 0.1) is 37.4 Å². The molecular formula is C21H30O12. The molecular weight excluding hydrogens is 444 g/mol. The molecule has 2 aliphatic carbocycles. The Morgan fingerprint density at radius 2 is 1.76 bits per heavy atom. The van der Waals surface area contributed by atoms with E-state index in [0.29, 0.717) is 0 Å². The van der Waals surface area contributed by atoms with Crippen molar-refractivity contribution in [2.24, 2.45) is 10.8 Å². The van der Waals surface area contributed by atoms with Crippen LogP contribution in [0.3, 0.4) is 0 Å². The Bertz CT molecular complexity index is 856. The number of Topliss-reactive ketones (excluding diaryl/α,β-unsaturated/α-hetero) is 1. The van der Waals surface area contributed by atoms with Gasteiger partial charge in [-0.3, -0.25) is 4.79 Å². The number of hydrogen-bond donors (Lipinski definition) is 7. The Labute approximate surface area is 188 Å². The summed E-state index contributed by atoms with van der Waals surface area (Å²) < 4.78 is 23.3. The number of aliphatic hydroxyl groups excluding tert-OH is 7. The second-order valence-electron chi connectivity index (χ2n) is 9.92. The molecule has 33 heavy (non-hydrogen) atoms. The maximum atomic E-state index is 12.7. The SMILES string of the molecule is CC1=C[C@H]2O[C@@H]3[C@H](O[C@@H]4O[C@H](CO)[C@@H](O)[C@H](O)[C@H]4O)[C@@H](O)[C@](C)([C@@]2(CO)[C@H](O)C1=O)[C@]31CO1. The van der Waals surface area contributed by atoms with E-state index in [-0.39, 0.29) is 12.2 Å². The number of aliphatic hydroxyl groups is 7. The smallest absolute Gasteiger partial charge is 0.187 e. The number of ether oxygens (including phenoxy) is 4. The lowest BCUT2D eigenvalue weighted by Gasteiger charge is -2.58. The summed E-state index contributed by atoms with van der Waals surface area (Å²) in [7, 11) is 0. The van der Waals surface area contributed by atoms with Gasteiger partial charge < -0.3 is 54.7 Å². The quantitative estimate of drug-likeness (QED) is 0.195. The molecule has 0 aromatic rings. The fourth-order valence-corrected chi connectivity index (χ4v) is 6.49. The summed E-state index contributed by atoms with van der Waals surface area (Å²) in [6.07, 6.45) is -12.5. The van der Waals surface area contributed by atoms with Gasteiger partial charge in [0.2, 0.25) is 0 Å². The van der Waals surface area contributed by atoms with Crippen molar-refractivity contribution in [2.75, 3.05) is 19.8 Å². The van der Waals surface area contributed by atoms with E-state index in [0.717, 1.165) is 0 Å². The first-order valence-corrected chi connectivity index (χ1v) is 11.0. The highest BCUT2D eigenvalue weighted by Gasteiger charge is 2.87. The Balaban J connectivity index is 1.54. The number of carbonyl (C=O) groups is 1. The minimum Gasteiger partial charge on any atom is -0.396 e. The van der Waals surface area contributed by atoms with E-state index in [1.807, 2.05) is 0 Å². The molecule has 0 aromatic heterocycles. The molecule has 0 amide bonds. The van der Waals surface area contributed by atoms with Gasteiger partial charge in [-0.05, 0) is 18.6 Å². The highest BCUT2D eigenvalue weighted by atomic mass is 16.7. The van der Waals surface area contributed by atoms with Crippen LogP contribution in [0.5, 0.6) is 0 Å². The molecule has 1 spiro atoms. The van der Waals surface area contributed by atoms with E-state index in [2.05, 4.69) is 0 Å². The van der Waals surface area contributed by atoms with Gasteiger partial charge >= 0.3 is 0 Å². The van der Waals surface area contributed by atoms with Crippen LogP contribution in [0, 0.1) is 10.8 Å². The molecule has 13 atom stereocenters. The second kappa shape index (κ2) is 7.48. The molecule has 3 heterocycles. The van der Waals surface area contributed by atoms with Crippen molar-refractivity contribution in [1.82, 2.24) is 0 Å². The summed E-state index contributed by atoms with van der Waals surface area (Å²) >= 11 is 0. The van der Waals surface area contributed by atoms with E-state index < -0.39 is 96.7 Å². The lowest BCUT2D eigenvalue weighted by atomic mass is 9.50. The second-order valence-corrected chi connectivity index (χ2v) is 9.92. The molecule has 3 aliphatic heterocycles. The fraction of sp³-hybridized carbons (Fsp3) is 0.857. The third-order valence-corrected chi connectivity index (χ3v) is 8.69. The zero-order chi connectivity index (χ0) is 24.1. The highest BCUT2D eigenvalue weighted by molar-refractivity contribution is 6.00. The van der Waals surface area contributed by atoms with Crippen LogP contribution in [0.25, 0.3) is 0 Å². The maximum Gasteiger partial charge on any atom is 0.187 e. The zero-order valence-corrected chi connectivity index (χ0v) is 18.1. The van der Waals surface area contributed by atoms with Crippen LogP contribution in [0.1, 0.15) is 13.8 Å². The van der Waals surface area contributed by atoms with Gasteiger partial charge in [-0.25, -0.2) is 0 Å². The highest BCUT2D eigenvalue weighted by Crippen LogP contribution is 2.71. The van der Waals surface area contributed by atoms with Crippen molar-refractivity contribution in [3.8, 4) is 0 Å². The molecule has 0 aromatic carbocycles. The molecule has 2 bridgehead atoms. The molecule has 5 rings (SSSR count). The first-order chi connectivity index (χ1) is 15.5. The van der Waals surface area contributed by atoms with Crippen molar-refractivity contribution in [3.63, 3.8) is 0 Å². The summed E-state index contributed by atoms with van der Waals surface area (Å²) in [6.45, 7) is 1.89. The van der Waals surface area contributed by atoms with Gasteiger partial charge in [0.1, 0.15) is 48.3 Å². The summed E-state index contributed by atoms with van der Waals surface area (Å²) in [4.78, 5) is 12.7. The average molecular weight is 474 g/mol. The van der Waals surface area contributed by atoms with E-state index in [1.165, 1.54) is 13.0 Å². The van der Waals surface area contributed by atoms with Crippen LogP contribution < -0.4 is 0 Å². The van der Waals surface area contributed by atoms with Gasteiger partial charge in [-0.2, -0.15) is 0 Å². The Hall–Kier alpha value is -1.03. The number of ketones is 1. The molecule has 4 fully saturated rings. The van der Waals surface area contributed by atoms with E-state index in [4.69, 9.17) is 18.9 Å². The Morgan fingerprint density at radius 3 is 2.33 bits per heavy atom. The number of fused-ring (bicyclic) bond motifs is 2. The van der Waals surface area contributed by atoms with E-state index in [9.17, 15) is 40.5 Å². The monoisotopic (exact) mass is 474 g/mol. The van der Waals surface area contributed by atoms with Crippen molar-refractivity contribution < 1.29 is 59.5 Å². The molecule has 7 N–H and O–H groups in total. The van der Waals surface area contributed by atoms with Crippen molar-refractivity contribution in [3.05, 3.63) is 11.6 Å². The van der Waals surface area contributed by atoms with Crippen LogP contribution in [-0.4, -0.2) is 128 Å². The summed E-state index contributed by atoms with van der Waals surface area (Å²) in [5.74, 6) is -0.593. The van der Waals surface area contributed by atoms with E-state index in [1.54, 1.807) is 6.92 Å². The maximum absolute atomic E-state index is 12.7. The Morgan fingerprint density at radius 1 is 1.09 bits per heavy atom. The Kier molecular flexibility index (Phi) is 5.37. The van der Waals surface area contributed by atoms with Gasteiger partial charge in [-0.15, -0.1) is 0 Å². The predicted octanol–water partition coefficient (Wildman–Crippen LogP) is -4.04. The zero-order valence-electron chi connectivity index (χ0n) is 18.1. The molecule has 5 aliphatic rings. The minimum atomic E-state index is -1.71. The van der Waals surface area contributed by atoms with Gasteiger partial charge in [0.15, 0.2) is 12.1 Å². The first-order valence-electron chi connectivity index (χ1n) is 11.0. The van der Waals surface area contributed by atoms with Crippen LogP contribution in [-0.2, 0) is 23.7 Å². The van der Waals surface area contributed by atoms with Crippen LogP contribution >= 0.6 is 0 Å². The molecule has 0 radical (unpaired) electrons. The molecule has 186 valence electrons. The average Bonchev–Trinajstić information content (AvgIpc) is 3.58. The lowest BCUT2D eigenvalue weighted by molar-refractivity contribution is -0.322. The van der Waals surface area contributed by atoms with E-state index >= 15 is 0 Å². The fourth-order valence-electron chi connectivity index (χ4n) is 6.49. The first kappa shape index (κ1) is 23.7. The molecule has 0 unspecified atom stereocenters. The predicted molar refractivity (Wildman–Crippen MR) is 104 cm³/mol. The summed E-state index contributed by atoms with van der Waals surface area (Å²) in [5.41, 5.74) is -3.98. The summed E-state index contributed by atoms with van der Waals surface area (Å²) in [6, 6.07) is 0. The number of epoxide rings is 1. The normalized spacial score (nSPS) is 57.7. The topological polar surface area (TPSA) is 199 Å². The molecule has 12 heteroatoms. The number of hydrogen-bond acceptors (Lipinski definition) is 12. The lowest BCUT2D eigenvalue weighted by Crippen LogP contribution is -2.72. The molecule has 3 saturated heterocycles. The largest absolute Gasteiger partial charge is 0.396 e. The van der Waals surface area contributed by atoms with Gasteiger partial charge in [0, 0.05) is 5.41 Å². The van der Waals surface area contributed by atoms with Crippen LogP contribution in [0.4, 0.5) is 0 Å². The molecule has 12 nitrogen and oxygen atoms in total. The van der Waals surface area contributed by atoms with Crippen LogP contribution in [0.15, 0.2) is 11.6 Å². The standard InChI is InChI=1S/C21H30O12/c1-7-3-9-20(5-23,15(28)10(7)24)19(2)16(29)14(17(32-9)21(19)6-30-21)33-18-13(27)12(26)11(25)8(4-22)31-18/h3,8-9,11-18,22-23,25-29H,4-6H2,1-2H3/t8-,9-,11-,12+,13-,14-,15-,16-,17-,18+,19-,20-,21+/m1/s1. The van der Waals surface area contributed by atoms with Crippen molar-refractivity contribution >= 4 is 5.78 Å². The van der Waals surface area contributed by atoms with Crippen molar-refractivity contribution in [1.29, 1.82) is 0 Å². The van der Waals surface area contributed by atoms with Crippen molar-refractivity contribution in [2.45, 2.75) is 80.7 Å².